The minimum absolute atomic E-state index is 0.0145. The molecule has 6 nitrogen and oxygen atoms in total. The molecule has 1 aromatic heterocycles. The first kappa shape index (κ1) is 20.2. The average molecular weight is 421 g/mol. The van der Waals surface area contributed by atoms with Crippen LogP contribution >= 0.6 is 11.3 Å². The van der Waals surface area contributed by atoms with Gasteiger partial charge in [-0.05, 0) is 49.6 Å². The van der Waals surface area contributed by atoms with Gasteiger partial charge in [0, 0.05) is 24.6 Å². The average Bonchev–Trinajstić information content (AvgIpc) is 3.32. The Hall–Kier alpha value is -3.06. The van der Waals surface area contributed by atoms with Crippen LogP contribution in [0, 0.1) is 20.8 Å². The molecule has 0 saturated carbocycles. The molecule has 2 heterocycles. The minimum Gasteiger partial charge on any atom is -0.312 e. The fourth-order valence-electron chi connectivity index (χ4n) is 3.52. The van der Waals surface area contributed by atoms with Gasteiger partial charge in [0.25, 0.3) is 0 Å². The quantitative estimate of drug-likeness (QED) is 0.672. The van der Waals surface area contributed by atoms with E-state index in [1.165, 1.54) is 22.5 Å². The van der Waals surface area contributed by atoms with Crippen LogP contribution in [-0.4, -0.2) is 28.6 Å². The number of anilines is 2. The number of aromatic nitrogens is 2. The minimum atomic E-state index is -0.124. The Morgan fingerprint density at radius 2 is 1.87 bits per heavy atom. The first-order valence-corrected chi connectivity index (χ1v) is 10.8. The largest absolute Gasteiger partial charge is 0.312 e. The molecule has 1 N–H and O–H groups in total. The summed E-state index contributed by atoms with van der Waals surface area (Å²) in [4.78, 5) is 26.7. The Balaban J connectivity index is 1.40. The number of hydrogen-bond donors (Lipinski definition) is 1. The van der Waals surface area contributed by atoms with Gasteiger partial charge in [-0.25, -0.2) is 0 Å². The molecule has 4 rings (SSSR count). The molecule has 0 bridgehead atoms. The number of amides is 2. The van der Waals surface area contributed by atoms with E-state index in [1.807, 2.05) is 61.2 Å². The highest BCUT2D eigenvalue weighted by Crippen LogP contribution is 2.34. The smallest absolute Gasteiger partial charge is 0.230 e. The molecule has 2 amide bonds. The summed E-state index contributed by atoms with van der Waals surface area (Å²) in [6.45, 7) is 6.70. The summed E-state index contributed by atoms with van der Waals surface area (Å²) in [5.41, 5.74) is 5.40. The van der Waals surface area contributed by atoms with Gasteiger partial charge in [0.2, 0.25) is 16.9 Å². The van der Waals surface area contributed by atoms with E-state index in [1.54, 1.807) is 0 Å². The summed E-state index contributed by atoms with van der Waals surface area (Å²) in [5.74, 6) is -0.0522. The van der Waals surface area contributed by atoms with Crippen LogP contribution in [0.25, 0.3) is 0 Å². The Bertz CT molecular complexity index is 1090. The summed E-state index contributed by atoms with van der Waals surface area (Å²) in [6, 6.07) is 14.0. The molecule has 1 atom stereocenters. The van der Waals surface area contributed by atoms with Crippen LogP contribution in [0.3, 0.4) is 0 Å². The topological polar surface area (TPSA) is 75.2 Å². The number of nitrogens with zero attached hydrogens (tertiary/aromatic N) is 3. The number of carbonyl (C=O) groups excluding carboxylic acids is 2. The van der Waals surface area contributed by atoms with E-state index in [-0.39, 0.29) is 24.2 Å². The van der Waals surface area contributed by atoms with Crippen molar-refractivity contribution >= 4 is 34.0 Å². The SMILES string of the molecule is Cc1ccc(CC(=O)Nc2nnc(C3CC(=O)N(c4ccc(C)c(C)c4)C3)s2)cc1. The predicted molar refractivity (Wildman–Crippen MR) is 119 cm³/mol. The summed E-state index contributed by atoms with van der Waals surface area (Å²) < 4.78 is 0. The molecule has 2 aromatic carbocycles. The fraction of sp³-hybridized carbons (Fsp3) is 0.304. The molecule has 3 aromatic rings. The number of aryl methyl sites for hydroxylation is 3. The van der Waals surface area contributed by atoms with Gasteiger partial charge in [0.05, 0.1) is 6.42 Å². The van der Waals surface area contributed by atoms with Crippen molar-refractivity contribution in [1.82, 2.24) is 10.2 Å². The molecule has 7 heteroatoms. The zero-order valence-electron chi connectivity index (χ0n) is 17.3. The highest BCUT2D eigenvalue weighted by Gasteiger charge is 2.34. The Labute approximate surface area is 180 Å². The van der Waals surface area contributed by atoms with E-state index in [4.69, 9.17) is 0 Å². The van der Waals surface area contributed by atoms with E-state index in [0.29, 0.717) is 18.1 Å². The standard InChI is InChI=1S/C23H24N4O2S/c1-14-4-7-17(8-5-14)11-20(28)24-23-26-25-22(30-23)18-12-21(29)27(13-18)19-9-6-15(2)16(3)10-19/h4-10,18H,11-13H2,1-3H3,(H,24,26,28). The van der Waals surface area contributed by atoms with Crippen molar-refractivity contribution in [1.29, 1.82) is 0 Å². The molecule has 1 saturated heterocycles. The maximum Gasteiger partial charge on any atom is 0.230 e. The van der Waals surface area contributed by atoms with Crippen LogP contribution in [0.1, 0.15) is 39.6 Å². The normalized spacial score (nSPS) is 16.2. The van der Waals surface area contributed by atoms with Crippen molar-refractivity contribution in [2.45, 2.75) is 39.5 Å². The van der Waals surface area contributed by atoms with Crippen molar-refractivity contribution in [3.63, 3.8) is 0 Å². The third-order valence-electron chi connectivity index (χ3n) is 5.45. The molecule has 0 aliphatic carbocycles. The third-order valence-corrected chi connectivity index (χ3v) is 6.45. The lowest BCUT2D eigenvalue weighted by Gasteiger charge is -2.17. The number of hydrogen-bond acceptors (Lipinski definition) is 5. The number of carbonyl (C=O) groups is 2. The van der Waals surface area contributed by atoms with Gasteiger partial charge >= 0.3 is 0 Å². The van der Waals surface area contributed by atoms with Crippen LogP contribution in [0.15, 0.2) is 42.5 Å². The molecular weight excluding hydrogens is 396 g/mol. The summed E-state index contributed by atoms with van der Waals surface area (Å²) in [5, 5.41) is 12.4. The molecule has 0 radical (unpaired) electrons. The second kappa shape index (κ2) is 8.36. The van der Waals surface area contributed by atoms with E-state index in [2.05, 4.69) is 22.4 Å². The van der Waals surface area contributed by atoms with Gasteiger partial charge < -0.3 is 10.2 Å². The van der Waals surface area contributed by atoms with Gasteiger partial charge in [0.1, 0.15) is 5.01 Å². The Kier molecular flexibility index (Phi) is 5.63. The molecular formula is C23H24N4O2S. The maximum absolute atomic E-state index is 12.6. The highest BCUT2D eigenvalue weighted by atomic mass is 32.1. The van der Waals surface area contributed by atoms with Crippen LogP contribution in [0.2, 0.25) is 0 Å². The van der Waals surface area contributed by atoms with Crippen molar-refractivity contribution < 1.29 is 9.59 Å². The lowest BCUT2D eigenvalue weighted by molar-refractivity contribution is -0.117. The van der Waals surface area contributed by atoms with Gasteiger partial charge in [-0.15, -0.1) is 10.2 Å². The zero-order valence-corrected chi connectivity index (χ0v) is 18.1. The first-order chi connectivity index (χ1) is 14.4. The predicted octanol–water partition coefficient (Wildman–Crippen LogP) is 4.17. The first-order valence-electron chi connectivity index (χ1n) is 9.95. The van der Waals surface area contributed by atoms with Gasteiger partial charge in [-0.3, -0.25) is 9.59 Å². The number of nitrogens with one attached hydrogen (secondary N) is 1. The summed E-state index contributed by atoms with van der Waals surface area (Å²) in [6.07, 6.45) is 0.691. The monoisotopic (exact) mass is 420 g/mol. The fourth-order valence-corrected chi connectivity index (χ4v) is 4.37. The number of rotatable bonds is 5. The summed E-state index contributed by atoms with van der Waals surface area (Å²) in [7, 11) is 0. The van der Waals surface area contributed by atoms with Crippen LogP contribution in [-0.2, 0) is 16.0 Å². The van der Waals surface area contributed by atoms with Crippen molar-refractivity contribution in [2.24, 2.45) is 0 Å². The van der Waals surface area contributed by atoms with Crippen molar-refractivity contribution in [3.05, 3.63) is 69.7 Å². The zero-order chi connectivity index (χ0) is 21.3. The third kappa shape index (κ3) is 4.41. The van der Waals surface area contributed by atoms with Crippen molar-refractivity contribution in [3.8, 4) is 0 Å². The molecule has 0 spiro atoms. The highest BCUT2D eigenvalue weighted by molar-refractivity contribution is 7.15. The second-order valence-electron chi connectivity index (χ2n) is 7.83. The van der Waals surface area contributed by atoms with Gasteiger partial charge in [0.15, 0.2) is 0 Å². The van der Waals surface area contributed by atoms with E-state index >= 15 is 0 Å². The Morgan fingerprint density at radius 3 is 2.60 bits per heavy atom. The Morgan fingerprint density at radius 1 is 1.10 bits per heavy atom. The molecule has 1 aliphatic heterocycles. The van der Waals surface area contributed by atoms with Gasteiger partial charge in [-0.2, -0.15) is 0 Å². The molecule has 30 heavy (non-hydrogen) atoms. The molecule has 1 unspecified atom stereocenters. The van der Waals surface area contributed by atoms with Crippen LogP contribution < -0.4 is 10.2 Å². The lowest BCUT2D eigenvalue weighted by Crippen LogP contribution is -2.24. The van der Waals surface area contributed by atoms with E-state index in [9.17, 15) is 9.59 Å². The number of benzene rings is 2. The van der Waals surface area contributed by atoms with Crippen molar-refractivity contribution in [2.75, 3.05) is 16.8 Å². The van der Waals surface area contributed by atoms with Gasteiger partial charge in [-0.1, -0.05) is 47.2 Å². The molecule has 1 fully saturated rings. The summed E-state index contributed by atoms with van der Waals surface area (Å²) >= 11 is 1.34. The van der Waals surface area contributed by atoms with Crippen LogP contribution in [0.4, 0.5) is 10.8 Å². The molecule has 154 valence electrons. The second-order valence-corrected chi connectivity index (χ2v) is 8.84. The lowest BCUT2D eigenvalue weighted by atomic mass is 10.1. The maximum atomic E-state index is 12.6. The molecule has 1 aliphatic rings. The van der Waals surface area contributed by atoms with E-state index in [0.717, 1.165) is 21.8 Å². The van der Waals surface area contributed by atoms with E-state index < -0.39 is 0 Å². The van der Waals surface area contributed by atoms with Crippen LogP contribution in [0.5, 0.6) is 0 Å².